The van der Waals surface area contributed by atoms with Gasteiger partial charge in [-0.15, -0.1) is 0 Å². The Hall–Kier alpha value is -2.69. The first-order chi connectivity index (χ1) is 12.2. The summed E-state index contributed by atoms with van der Waals surface area (Å²) in [5, 5.41) is 5.84. The van der Waals surface area contributed by atoms with E-state index in [2.05, 4.69) is 22.8 Å². The Morgan fingerprint density at radius 1 is 1.28 bits per heavy atom. The van der Waals surface area contributed by atoms with E-state index in [0.29, 0.717) is 18.0 Å². The summed E-state index contributed by atoms with van der Waals surface area (Å²) in [6.07, 6.45) is 1.73. The van der Waals surface area contributed by atoms with Gasteiger partial charge >= 0.3 is 6.03 Å². The molecule has 1 heterocycles. The summed E-state index contributed by atoms with van der Waals surface area (Å²) in [5.74, 6) is 1.65. The molecule has 1 aliphatic rings. The molecule has 0 radical (unpaired) electrons. The van der Waals surface area contributed by atoms with E-state index in [0.717, 1.165) is 25.2 Å². The van der Waals surface area contributed by atoms with Crippen LogP contribution in [0.4, 0.5) is 10.5 Å². The molecule has 0 saturated carbocycles. The Morgan fingerprint density at radius 2 is 2.12 bits per heavy atom. The quantitative estimate of drug-likeness (QED) is 0.841. The van der Waals surface area contributed by atoms with Crippen LogP contribution in [-0.2, 0) is 12.8 Å². The smallest absolute Gasteiger partial charge is 0.319 e. The Balaban J connectivity index is 1.56. The minimum absolute atomic E-state index is 0.0135. The monoisotopic (exact) mass is 340 g/mol. The highest BCUT2D eigenvalue weighted by atomic mass is 16.5. The molecule has 132 valence electrons. The van der Waals surface area contributed by atoms with Crippen LogP contribution in [-0.4, -0.2) is 25.3 Å². The van der Waals surface area contributed by atoms with E-state index in [4.69, 9.17) is 9.47 Å². The number of benzene rings is 2. The van der Waals surface area contributed by atoms with Gasteiger partial charge in [-0.25, -0.2) is 4.79 Å². The van der Waals surface area contributed by atoms with Crippen molar-refractivity contribution in [1.29, 1.82) is 0 Å². The van der Waals surface area contributed by atoms with Crippen LogP contribution in [0.3, 0.4) is 0 Å². The number of amides is 2. The van der Waals surface area contributed by atoms with Crippen molar-refractivity contribution in [3.8, 4) is 11.5 Å². The van der Waals surface area contributed by atoms with Gasteiger partial charge in [0.25, 0.3) is 0 Å². The van der Waals surface area contributed by atoms with Crippen LogP contribution in [0.25, 0.3) is 0 Å². The van der Waals surface area contributed by atoms with E-state index >= 15 is 0 Å². The first-order valence-electron chi connectivity index (χ1n) is 8.69. The number of urea groups is 1. The third-order valence-electron chi connectivity index (χ3n) is 4.11. The number of carbonyl (C=O) groups is 1. The van der Waals surface area contributed by atoms with E-state index in [1.54, 1.807) is 0 Å². The lowest BCUT2D eigenvalue weighted by molar-refractivity contribution is 0.249. The summed E-state index contributed by atoms with van der Waals surface area (Å²) >= 11 is 0. The summed E-state index contributed by atoms with van der Waals surface area (Å²) in [4.78, 5) is 12.3. The molecule has 0 spiro atoms. The fourth-order valence-corrected chi connectivity index (χ4v) is 3.00. The van der Waals surface area contributed by atoms with Crippen molar-refractivity contribution in [1.82, 2.24) is 5.32 Å². The first-order valence-corrected chi connectivity index (χ1v) is 8.69. The van der Waals surface area contributed by atoms with Crippen LogP contribution in [0.2, 0.25) is 0 Å². The molecule has 1 unspecified atom stereocenters. The van der Waals surface area contributed by atoms with Crippen molar-refractivity contribution in [2.75, 3.05) is 18.5 Å². The number of hydrogen-bond donors (Lipinski definition) is 2. The number of rotatable bonds is 6. The van der Waals surface area contributed by atoms with E-state index in [1.807, 2.05) is 44.2 Å². The number of hydrogen-bond acceptors (Lipinski definition) is 3. The van der Waals surface area contributed by atoms with Gasteiger partial charge in [0.1, 0.15) is 11.5 Å². The molecule has 2 aromatic rings. The zero-order chi connectivity index (χ0) is 17.6. The van der Waals surface area contributed by atoms with Crippen LogP contribution in [0, 0.1) is 0 Å². The molecule has 25 heavy (non-hydrogen) atoms. The highest BCUT2D eigenvalue weighted by molar-refractivity contribution is 5.91. The maximum atomic E-state index is 12.3. The number of carbonyl (C=O) groups excluding carboxylic acids is 1. The van der Waals surface area contributed by atoms with Crippen molar-refractivity contribution < 1.29 is 14.3 Å². The lowest BCUT2D eigenvalue weighted by Crippen LogP contribution is -2.37. The highest BCUT2D eigenvalue weighted by Gasteiger charge is 2.14. The molecule has 3 rings (SSSR count). The minimum Gasteiger partial charge on any atom is -0.493 e. The topological polar surface area (TPSA) is 59.6 Å². The van der Waals surface area contributed by atoms with Gasteiger partial charge in [0.2, 0.25) is 0 Å². The molecule has 5 heteroatoms. The minimum atomic E-state index is -0.232. The maximum absolute atomic E-state index is 12.3. The van der Waals surface area contributed by atoms with Gasteiger partial charge in [0.15, 0.2) is 0 Å². The Morgan fingerprint density at radius 3 is 2.96 bits per heavy atom. The average molecular weight is 340 g/mol. The Labute approximate surface area is 148 Å². The van der Waals surface area contributed by atoms with E-state index in [9.17, 15) is 4.79 Å². The number of para-hydroxylation sites is 2. The fourth-order valence-electron chi connectivity index (χ4n) is 3.00. The van der Waals surface area contributed by atoms with E-state index < -0.39 is 0 Å². The third kappa shape index (κ3) is 4.44. The van der Waals surface area contributed by atoms with Gasteiger partial charge in [-0.05, 0) is 49.6 Å². The van der Waals surface area contributed by atoms with Crippen molar-refractivity contribution in [2.24, 2.45) is 0 Å². The number of fused-ring (bicyclic) bond motifs is 1. The van der Waals surface area contributed by atoms with Crippen LogP contribution < -0.4 is 20.1 Å². The van der Waals surface area contributed by atoms with Crippen LogP contribution in [0.1, 0.15) is 25.0 Å². The predicted molar refractivity (Wildman–Crippen MR) is 98.6 cm³/mol. The average Bonchev–Trinajstić information content (AvgIpc) is 3.04. The van der Waals surface area contributed by atoms with Gasteiger partial charge in [0.05, 0.1) is 18.9 Å². The molecule has 1 aliphatic heterocycles. The zero-order valence-electron chi connectivity index (χ0n) is 14.7. The molecular weight excluding hydrogens is 316 g/mol. The third-order valence-corrected chi connectivity index (χ3v) is 4.11. The van der Waals surface area contributed by atoms with Gasteiger partial charge < -0.3 is 20.1 Å². The van der Waals surface area contributed by atoms with E-state index in [1.165, 1.54) is 11.1 Å². The summed E-state index contributed by atoms with van der Waals surface area (Å²) < 4.78 is 11.1. The molecule has 1 atom stereocenters. The van der Waals surface area contributed by atoms with Crippen molar-refractivity contribution in [3.05, 3.63) is 53.6 Å². The second-order valence-electron chi connectivity index (χ2n) is 6.17. The molecule has 2 aromatic carbocycles. The summed E-state index contributed by atoms with van der Waals surface area (Å²) in [5.41, 5.74) is 3.12. The van der Waals surface area contributed by atoms with Gasteiger partial charge in [-0.1, -0.05) is 24.3 Å². The lowest BCUT2D eigenvalue weighted by atomic mass is 10.0. The fraction of sp³-hybridized carbons (Fsp3) is 0.350. The molecule has 0 aliphatic carbocycles. The summed E-state index contributed by atoms with van der Waals surface area (Å²) in [6, 6.07) is 13.5. The lowest BCUT2D eigenvalue weighted by Gasteiger charge is -2.16. The van der Waals surface area contributed by atoms with Gasteiger partial charge in [0, 0.05) is 12.5 Å². The molecular formula is C20H24N2O3. The molecule has 2 N–H and O–H groups in total. The largest absolute Gasteiger partial charge is 0.493 e. The molecule has 0 bridgehead atoms. The second kappa shape index (κ2) is 7.92. The Kier molecular flexibility index (Phi) is 5.43. The molecule has 5 nitrogen and oxygen atoms in total. The zero-order valence-corrected chi connectivity index (χ0v) is 14.7. The predicted octanol–water partition coefficient (Wildman–Crippen LogP) is 3.77. The van der Waals surface area contributed by atoms with Crippen molar-refractivity contribution in [3.63, 3.8) is 0 Å². The standard InChI is InChI=1S/C20H24N2O3/c1-3-24-19-7-5-4-6-17(19)22-20(23)21-14(2)12-15-8-9-18-16(13-15)10-11-25-18/h4-9,13-14H,3,10-12H2,1-2H3,(H2,21,22,23). The maximum Gasteiger partial charge on any atom is 0.319 e. The van der Waals surface area contributed by atoms with Gasteiger partial charge in [-0.3, -0.25) is 0 Å². The van der Waals surface area contributed by atoms with Crippen LogP contribution in [0.15, 0.2) is 42.5 Å². The van der Waals surface area contributed by atoms with Gasteiger partial charge in [-0.2, -0.15) is 0 Å². The SMILES string of the molecule is CCOc1ccccc1NC(=O)NC(C)Cc1ccc2c(c1)CCO2. The van der Waals surface area contributed by atoms with Crippen LogP contribution >= 0.6 is 0 Å². The Bertz CT molecular complexity index is 745. The van der Waals surface area contributed by atoms with E-state index in [-0.39, 0.29) is 12.1 Å². The molecule has 0 fully saturated rings. The normalized spacial score (nSPS) is 13.5. The van der Waals surface area contributed by atoms with Crippen molar-refractivity contribution in [2.45, 2.75) is 32.7 Å². The number of ether oxygens (including phenoxy) is 2. The highest BCUT2D eigenvalue weighted by Crippen LogP contribution is 2.26. The molecule has 2 amide bonds. The summed E-state index contributed by atoms with van der Waals surface area (Å²) in [6.45, 7) is 5.23. The van der Waals surface area contributed by atoms with Crippen molar-refractivity contribution >= 4 is 11.7 Å². The number of nitrogens with one attached hydrogen (secondary N) is 2. The second-order valence-corrected chi connectivity index (χ2v) is 6.17. The first kappa shape index (κ1) is 17.1. The summed E-state index contributed by atoms with van der Waals surface area (Å²) in [7, 11) is 0. The molecule has 0 saturated heterocycles. The number of anilines is 1. The molecule has 0 aromatic heterocycles. The van der Waals surface area contributed by atoms with Crippen LogP contribution in [0.5, 0.6) is 11.5 Å².